The van der Waals surface area contributed by atoms with Gasteiger partial charge in [-0.3, -0.25) is 9.80 Å². The summed E-state index contributed by atoms with van der Waals surface area (Å²) in [5.41, 5.74) is 2.67. The highest BCUT2D eigenvalue weighted by Crippen LogP contribution is 2.35. The number of morpholine rings is 1. The van der Waals surface area contributed by atoms with Crippen molar-refractivity contribution in [1.29, 1.82) is 0 Å². The third-order valence-corrected chi connectivity index (χ3v) is 7.05. The molecule has 0 N–H and O–H groups in total. The van der Waals surface area contributed by atoms with Gasteiger partial charge in [0.2, 0.25) is 0 Å². The van der Waals surface area contributed by atoms with Crippen LogP contribution in [-0.2, 0) is 17.7 Å². The van der Waals surface area contributed by atoms with E-state index in [1.807, 2.05) is 11.3 Å². The van der Waals surface area contributed by atoms with Gasteiger partial charge in [-0.15, -0.1) is 22.7 Å². The molecule has 2 aromatic rings. The van der Waals surface area contributed by atoms with Gasteiger partial charge in [0, 0.05) is 49.0 Å². The van der Waals surface area contributed by atoms with E-state index < -0.39 is 0 Å². The first-order valence-electron chi connectivity index (χ1n) is 8.77. The Hall–Kier alpha value is -0.790. The van der Waals surface area contributed by atoms with Gasteiger partial charge in [0.05, 0.1) is 28.8 Å². The lowest BCUT2D eigenvalue weighted by molar-refractivity contribution is 0.0231. The SMILES string of the molecule is Cc1nc(-c2cc3c(s2)CCN(C(C)CN2CCOCC2)C3)cs1. The van der Waals surface area contributed by atoms with Crippen molar-refractivity contribution < 1.29 is 4.74 Å². The van der Waals surface area contributed by atoms with Crippen LogP contribution in [0.3, 0.4) is 0 Å². The summed E-state index contributed by atoms with van der Waals surface area (Å²) in [4.78, 5) is 12.7. The van der Waals surface area contributed by atoms with Gasteiger partial charge in [0.25, 0.3) is 0 Å². The summed E-state index contributed by atoms with van der Waals surface area (Å²) in [5, 5.41) is 3.34. The average molecular weight is 364 g/mol. The summed E-state index contributed by atoms with van der Waals surface area (Å²) in [5.74, 6) is 0. The molecule has 2 aliphatic heterocycles. The third kappa shape index (κ3) is 3.58. The summed E-state index contributed by atoms with van der Waals surface area (Å²) < 4.78 is 5.46. The molecule has 2 aromatic heterocycles. The smallest absolute Gasteiger partial charge is 0.0914 e. The monoisotopic (exact) mass is 363 g/mol. The van der Waals surface area contributed by atoms with Gasteiger partial charge in [0.1, 0.15) is 0 Å². The minimum absolute atomic E-state index is 0.598. The molecule has 1 fully saturated rings. The molecule has 1 unspecified atom stereocenters. The Morgan fingerprint density at radius 3 is 2.88 bits per heavy atom. The lowest BCUT2D eigenvalue weighted by atomic mass is 10.1. The molecule has 0 radical (unpaired) electrons. The molecule has 0 aromatic carbocycles. The summed E-state index contributed by atoms with van der Waals surface area (Å²) >= 11 is 3.68. The van der Waals surface area contributed by atoms with Crippen LogP contribution in [0, 0.1) is 6.92 Å². The van der Waals surface area contributed by atoms with Crippen LogP contribution < -0.4 is 0 Å². The zero-order valence-corrected chi connectivity index (χ0v) is 16.1. The molecular formula is C18H25N3OS2. The Morgan fingerprint density at radius 1 is 1.29 bits per heavy atom. The molecule has 0 bridgehead atoms. The predicted molar refractivity (Wildman–Crippen MR) is 101 cm³/mol. The Bertz CT molecular complexity index is 690. The highest BCUT2D eigenvalue weighted by molar-refractivity contribution is 7.16. The fourth-order valence-corrected chi connectivity index (χ4v) is 5.42. The Kier molecular flexibility index (Phi) is 5.01. The predicted octanol–water partition coefficient (Wildman–Crippen LogP) is 3.26. The number of fused-ring (bicyclic) bond motifs is 1. The number of hydrogen-bond acceptors (Lipinski definition) is 6. The first-order chi connectivity index (χ1) is 11.7. The van der Waals surface area contributed by atoms with E-state index in [0.29, 0.717) is 6.04 Å². The second-order valence-corrected chi connectivity index (χ2v) is 8.99. The van der Waals surface area contributed by atoms with E-state index in [9.17, 15) is 0 Å². The maximum atomic E-state index is 5.46. The molecule has 0 saturated carbocycles. The largest absolute Gasteiger partial charge is 0.379 e. The second kappa shape index (κ2) is 7.22. The van der Waals surface area contributed by atoms with Crippen molar-refractivity contribution >= 4 is 22.7 Å². The van der Waals surface area contributed by atoms with Crippen molar-refractivity contribution in [3.8, 4) is 10.6 Å². The van der Waals surface area contributed by atoms with E-state index in [2.05, 4.69) is 40.1 Å². The minimum Gasteiger partial charge on any atom is -0.379 e. The van der Waals surface area contributed by atoms with Crippen LogP contribution in [0.15, 0.2) is 11.4 Å². The first-order valence-corrected chi connectivity index (χ1v) is 10.5. The number of hydrogen-bond donors (Lipinski definition) is 0. The van der Waals surface area contributed by atoms with Gasteiger partial charge in [-0.1, -0.05) is 0 Å². The van der Waals surface area contributed by atoms with Crippen molar-refractivity contribution in [3.63, 3.8) is 0 Å². The summed E-state index contributed by atoms with van der Waals surface area (Å²) in [6.07, 6.45) is 1.18. The number of aryl methyl sites for hydroxylation is 1. The molecule has 0 amide bonds. The van der Waals surface area contributed by atoms with Gasteiger partial charge < -0.3 is 4.74 Å². The first kappa shape index (κ1) is 16.7. The van der Waals surface area contributed by atoms with Crippen LogP contribution in [0.2, 0.25) is 0 Å². The fourth-order valence-electron chi connectivity index (χ4n) is 3.61. The van der Waals surface area contributed by atoms with E-state index >= 15 is 0 Å². The van der Waals surface area contributed by atoms with Crippen molar-refractivity contribution in [2.75, 3.05) is 39.4 Å². The van der Waals surface area contributed by atoms with Gasteiger partial charge in [-0.05, 0) is 31.9 Å². The maximum Gasteiger partial charge on any atom is 0.0914 e. The van der Waals surface area contributed by atoms with E-state index in [0.717, 1.165) is 50.1 Å². The van der Waals surface area contributed by atoms with E-state index in [-0.39, 0.29) is 0 Å². The molecule has 24 heavy (non-hydrogen) atoms. The van der Waals surface area contributed by atoms with Crippen LogP contribution >= 0.6 is 22.7 Å². The van der Waals surface area contributed by atoms with Crippen LogP contribution in [0.25, 0.3) is 10.6 Å². The molecule has 130 valence electrons. The third-order valence-electron chi connectivity index (χ3n) is 5.02. The summed E-state index contributed by atoms with van der Waals surface area (Å²) in [6, 6.07) is 2.98. The number of thiophene rings is 1. The molecule has 4 heterocycles. The van der Waals surface area contributed by atoms with E-state index in [1.165, 1.54) is 23.4 Å². The maximum absolute atomic E-state index is 5.46. The molecule has 1 saturated heterocycles. The molecular weight excluding hydrogens is 338 g/mol. The molecule has 6 heteroatoms. The topological polar surface area (TPSA) is 28.6 Å². The Balaban J connectivity index is 1.42. The van der Waals surface area contributed by atoms with Crippen molar-refractivity contribution in [1.82, 2.24) is 14.8 Å². The van der Waals surface area contributed by atoms with Gasteiger partial charge in [-0.25, -0.2) is 4.98 Å². The molecule has 2 aliphatic rings. The fraction of sp³-hybridized carbons (Fsp3) is 0.611. The number of rotatable bonds is 4. The van der Waals surface area contributed by atoms with Gasteiger partial charge in [-0.2, -0.15) is 0 Å². The minimum atomic E-state index is 0.598. The van der Waals surface area contributed by atoms with Crippen LogP contribution in [0.5, 0.6) is 0 Å². The number of aromatic nitrogens is 1. The highest BCUT2D eigenvalue weighted by Gasteiger charge is 2.25. The lowest BCUT2D eigenvalue weighted by Crippen LogP contribution is -2.47. The number of nitrogens with zero attached hydrogens (tertiary/aromatic N) is 3. The zero-order valence-electron chi connectivity index (χ0n) is 14.5. The van der Waals surface area contributed by atoms with Gasteiger partial charge >= 0.3 is 0 Å². The average Bonchev–Trinajstić information content (AvgIpc) is 3.20. The second-order valence-electron chi connectivity index (χ2n) is 6.79. The van der Waals surface area contributed by atoms with Crippen molar-refractivity contribution in [2.24, 2.45) is 0 Å². The highest BCUT2D eigenvalue weighted by atomic mass is 32.1. The van der Waals surface area contributed by atoms with Crippen molar-refractivity contribution in [3.05, 3.63) is 26.9 Å². The van der Waals surface area contributed by atoms with Crippen LogP contribution in [0.1, 0.15) is 22.4 Å². The number of thiazole rings is 1. The molecule has 1 atom stereocenters. The van der Waals surface area contributed by atoms with Crippen LogP contribution in [0.4, 0.5) is 0 Å². The zero-order chi connectivity index (χ0) is 16.5. The summed E-state index contributed by atoms with van der Waals surface area (Å²) in [6.45, 7) is 11.8. The van der Waals surface area contributed by atoms with Gasteiger partial charge in [0.15, 0.2) is 0 Å². The van der Waals surface area contributed by atoms with Crippen molar-refractivity contribution in [2.45, 2.75) is 32.9 Å². The lowest BCUT2D eigenvalue weighted by Gasteiger charge is -2.36. The molecule has 4 nitrogen and oxygen atoms in total. The summed E-state index contributed by atoms with van der Waals surface area (Å²) in [7, 11) is 0. The Labute approximate surface area is 152 Å². The molecule has 4 rings (SSSR count). The van der Waals surface area contributed by atoms with Crippen LogP contribution in [-0.4, -0.2) is 60.2 Å². The Morgan fingerprint density at radius 2 is 2.12 bits per heavy atom. The normalized spacial score (nSPS) is 20.9. The molecule has 0 spiro atoms. The van der Waals surface area contributed by atoms with E-state index in [4.69, 9.17) is 4.74 Å². The number of ether oxygens (including phenoxy) is 1. The standard InChI is InChI=1S/C18H25N3OS2/c1-13(10-20-5-7-22-8-6-20)21-4-3-17-15(11-21)9-18(24-17)16-12-23-14(2)19-16/h9,12-13H,3-8,10-11H2,1-2H3. The quantitative estimate of drug-likeness (QED) is 0.834. The molecule has 0 aliphatic carbocycles. The van der Waals surface area contributed by atoms with E-state index in [1.54, 1.807) is 16.2 Å².